The lowest BCUT2D eigenvalue weighted by Gasteiger charge is -2.04. The van der Waals surface area contributed by atoms with E-state index in [9.17, 15) is 0 Å². The molecule has 3 nitrogen and oxygen atoms in total. The number of oxazole rings is 1. The highest BCUT2D eigenvalue weighted by molar-refractivity contribution is 5.19. The number of aromatic nitrogens is 1. The summed E-state index contributed by atoms with van der Waals surface area (Å²) in [5.41, 5.74) is 6.62. The van der Waals surface area contributed by atoms with Gasteiger partial charge in [-0.25, -0.2) is 4.98 Å². The first-order chi connectivity index (χ1) is 5.42. The average molecular weight is 152 g/mol. The van der Waals surface area contributed by atoms with E-state index in [4.69, 9.17) is 10.2 Å². The Morgan fingerprint density at radius 3 is 3.45 bits per heavy atom. The Bertz CT molecular complexity index is 244. The minimum Gasteiger partial charge on any atom is -0.448 e. The summed E-state index contributed by atoms with van der Waals surface area (Å²) in [5.74, 6) is 1.64. The number of fused-ring (bicyclic) bond motifs is 1. The third-order valence-electron chi connectivity index (χ3n) is 2.29. The smallest absolute Gasteiger partial charge is 0.181 e. The molecule has 0 radical (unpaired) electrons. The monoisotopic (exact) mass is 152 g/mol. The number of nitrogens with two attached hydrogens (primary N) is 1. The third kappa shape index (κ3) is 1.05. The van der Waals surface area contributed by atoms with Gasteiger partial charge in [-0.2, -0.15) is 0 Å². The minimum atomic E-state index is 0.564. The van der Waals surface area contributed by atoms with E-state index in [0.29, 0.717) is 5.92 Å². The molecule has 60 valence electrons. The maximum atomic E-state index is 5.48. The summed E-state index contributed by atoms with van der Waals surface area (Å²) in [6, 6.07) is 0. The van der Waals surface area contributed by atoms with Gasteiger partial charge in [0.05, 0.1) is 5.69 Å². The number of rotatable bonds is 2. The zero-order valence-corrected chi connectivity index (χ0v) is 6.42. The molecule has 1 unspecified atom stereocenters. The molecule has 1 heterocycles. The van der Waals surface area contributed by atoms with Crippen molar-refractivity contribution in [2.75, 3.05) is 6.54 Å². The lowest BCUT2D eigenvalue weighted by molar-refractivity contribution is 0.502. The molecule has 0 aromatic carbocycles. The molecule has 0 spiro atoms. The van der Waals surface area contributed by atoms with Crippen molar-refractivity contribution in [1.29, 1.82) is 0 Å². The van der Waals surface area contributed by atoms with Crippen molar-refractivity contribution in [1.82, 2.24) is 4.98 Å². The fourth-order valence-corrected chi connectivity index (χ4v) is 1.72. The van der Waals surface area contributed by atoms with Crippen LogP contribution in [0, 0.1) is 0 Å². The van der Waals surface area contributed by atoms with Crippen LogP contribution in [-0.2, 0) is 6.42 Å². The summed E-state index contributed by atoms with van der Waals surface area (Å²) in [4.78, 5) is 4.17. The van der Waals surface area contributed by atoms with Crippen molar-refractivity contribution >= 4 is 0 Å². The first-order valence-corrected chi connectivity index (χ1v) is 4.04. The molecule has 0 aliphatic heterocycles. The van der Waals surface area contributed by atoms with Crippen LogP contribution in [0.5, 0.6) is 0 Å². The Kier molecular flexibility index (Phi) is 1.66. The summed E-state index contributed by atoms with van der Waals surface area (Å²) in [7, 11) is 0. The molecule has 1 atom stereocenters. The van der Waals surface area contributed by atoms with Crippen LogP contribution in [0.4, 0.5) is 0 Å². The highest BCUT2D eigenvalue weighted by Gasteiger charge is 2.25. The third-order valence-corrected chi connectivity index (χ3v) is 2.29. The highest BCUT2D eigenvalue weighted by Crippen LogP contribution is 2.33. The summed E-state index contributed by atoms with van der Waals surface area (Å²) in [6.07, 6.45) is 4.78. The van der Waals surface area contributed by atoms with Crippen molar-refractivity contribution in [3.05, 3.63) is 17.8 Å². The molecule has 1 aromatic heterocycles. The molecule has 0 bridgehead atoms. The van der Waals surface area contributed by atoms with Crippen molar-refractivity contribution in [3.63, 3.8) is 0 Å². The van der Waals surface area contributed by atoms with E-state index in [0.717, 1.165) is 30.8 Å². The predicted molar refractivity (Wildman–Crippen MR) is 41.2 cm³/mol. The van der Waals surface area contributed by atoms with Gasteiger partial charge in [0.15, 0.2) is 6.39 Å². The first kappa shape index (κ1) is 6.85. The molecule has 0 saturated carbocycles. The lowest BCUT2D eigenvalue weighted by Crippen LogP contribution is -2.05. The maximum Gasteiger partial charge on any atom is 0.181 e. The summed E-state index contributed by atoms with van der Waals surface area (Å²) in [6.45, 7) is 0.747. The lowest BCUT2D eigenvalue weighted by atomic mass is 10.0. The summed E-state index contributed by atoms with van der Waals surface area (Å²) >= 11 is 0. The van der Waals surface area contributed by atoms with Gasteiger partial charge in [-0.3, -0.25) is 0 Å². The minimum absolute atomic E-state index is 0.564. The van der Waals surface area contributed by atoms with Gasteiger partial charge in [0, 0.05) is 12.3 Å². The number of hydrogen-bond acceptors (Lipinski definition) is 3. The van der Waals surface area contributed by atoms with Gasteiger partial charge in [-0.05, 0) is 19.4 Å². The zero-order valence-electron chi connectivity index (χ0n) is 6.42. The van der Waals surface area contributed by atoms with Crippen LogP contribution in [0.15, 0.2) is 10.8 Å². The summed E-state index contributed by atoms with van der Waals surface area (Å²) in [5, 5.41) is 0. The molecule has 1 aliphatic rings. The van der Waals surface area contributed by atoms with Crippen molar-refractivity contribution in [2.24, 2.45) is 5.73 Å². The standard InChI is InChI=1S/C8H12N2O/c9-4-3-6-1-2-7-8(6)10-5-11-7/h5-6H,1-4,9H2. The van der Waals surface area contributed by atoms with E-state index in [1.807, 2.05) is 0 Å². The van der Waals surface area contributed by atoms with Gasteiger partial charge in [-0.1, -0.05) is 0 Å². The van der Waals surface area contributed by atoms with E-state index in [1.165, 1.54) is 12.8 Å². The van der Waals surface area contributed by atoms with Crippen LogP contribution in [0.2, 0.25) is 0 Å². The van der Waals surface area contributed by atoms with Gasteiger partial charge >= 0.3 is 0 Å². The van der Waals surface area contributed by atoms with E-state index in [2.05, 4.69) is 4.98 Å². The van der Waals surface area contributed by atoms with Gasteiger partial charge in [0.25, 0.3) is 0 Å². The Morgan fingerprint density at radius 1 is 1.73 bits per heavy atom. The Labute approximate surface area is 65.6 Å². The largest absolute Gasteiger partial charge is 0.448 e. The molecular weight excluding hydrogens is 140 g/mol. The molecule has 11 heavy (non-hydrogen) atoms. The van der Waals surface area contributed by atoms with Crippen LogP contribution in [0.3, 0.4) is 0 Å². The molecule has 3 heteroatoms. The zero-order chi connectivity index (χ0) is 7.68. The fourth-order valence-electron chi connectivity index (χ4n) is 1.72. The topological polar surface area (TPSA) is 52.0 Å². The quantitative estimate of drug-likeness (QED) is 0.689. The van der Waals surface area contributed by atoms with E-state index in [-0.39, 0.29) is 0 Å². The van der Waals surface area contributed by atoms with Gasteiger partial charge in [-0.15, -0.1) is 0 Å². The van der Waals surface area contributed by atoms with Crippen LogP contribution in [0.1, 0.15) is 30.2 Å². The predicted octanol–water partition coefficient (Wildman–Crippen LogP) is 1.05. The summed E-state index contributed by atoms with van der Waals surface area (Å²) < 4.78 is 5.20. The Hall–Kier alpha value is -0.830. The molecule has 1 aromatic rings. The number of nitrogens with zero attached hydrogens (tertiary/aromatic N) is 1. The second-order valence-electron chi connectivity index (χ2n) is 2.97. The fraction of sp³-hybridized carbons (Fsp3) is 0.625. The van der Waals surface area contributed by atoms with Crippen LogP contribution in [-0.4, -0.2) is 11.5 Å². The average Bonchev–Trinajstić information content (AvgIpc) is 2.53. The van der Waals surface area contributed by atoms with Gasteiger partial charge in [0.1, 0.15) is 5.76 Å². The maximum absolute atomic E-state index is 5.48. The van der Waals surface area contributed by atoms with Crippen molar-refractivity contribution in [2.45, 2.75) is 25.2 Å². The normalized spacial score (nSPS) is 22.1. The second kappa shape index (κ2) is 2.66. The molecule has 0 fully saturated rings. The van der Waals surface area contributed by atoms with Crippen LogP contribution >= 0.6 is 0 Å². The SMILES string of the molecule is NCCC1CCc2ocnc21. The first-order valence-electron chi connectivity index (χ1n) is 4.04. The molecule has 0 saturated heterocycles. The van der Waals surface area contributed by atoms with Crippen LogP contribution in [0.25, 0.3) is 0 Å². The Balaban J connectivity index is 2.18. The van der Waals surface area contributed by atoms with E-state index < -0.39 is 0 Å². The molecular formula is C8H12N2O. The van der Waals surface area contributed by atoms with Gasteiger partial charge < -0.3 is 10.2 Å². The van der Waals surface area contributed by atoms with Gasteiger partial charge in [0.2, 0.25) is 0 Å². The molecule has 1 aliphatic carbocycles. The van der Waals surface area contributed by atoms with Crippen LogP contribution < -0.4 is 5.73 Å². The Morgan fingerprint density at radius 2 is 2.64 bits per heavy atom. The number of aryl methyl sites for hydroxylation is 1. The molecule has 2 rings (SSSR count). The van der Waals surface area contributed by atoms with E-state index >= 15 is 0 Å². The second-order valence-corrected chi connectivity index (χ2v) is 2.97. The molecule has 2 N–H and O–H groups in total. The molecule has 0 amide bonds. The van der Waals surface area contributed by atoms with Crippen molar-refractivity contribution in [3.8, 4) is 0 Å². The highest BCUT2D eigenvalue weighted by atomic mass is 16.3. The number of hydrogen-bond donors (Lipinski definition) is 1. The van der Waals surface area contributed by atoms with Crippen molar-refractivity contribution < 1.29 is 4.42 Å². The van der Waals surface area contributed by atoms with E-state index in [1.54, 1.807) is 0 Å².